The zero-order chi connectivity index (χ0) is 33.4. The molecule has 1 radical (unpaired) electrons. The van der Waals surface area contributed by atoms with E-state index in [4.69, 9.17) is 18.9 Å². The fourth-order valence-corrected chi connectivity index (χ4v) is 7.53. The molecule has 5 N–H and O–H groups in total. The number of carbonyl (C=O) groups excluding carboxylic acids is 3. The van der Waals surface area contributed by atoms with Crippen molar-refractivity contribution in [3.05, 3.63) is 18.9 Å². The first-order chi connectivity index (χ1) is 22.8. The molecule has 3 unspecified atom stereocenters. The first-order valence-corrected chi connectivity index (χ1v) is 18.1. The summed E-state index contributed by atoms with van der Waals surface area (Å²) in [6.07, 6.45) is 10.6. The quantitative estimate of drug-likeness (QED) is 0.0634. The first kappa shape index (κ1) is 40.9. The maximum absolute atomic E-state index is 12.3. The summed E-state index contributed by atoms with van der Waals surface area (Å²) in [6, 6.07) is 0.321. The second-order valence-electron chi connectivity index (χ2n) is 12.4. The largest absolute Gasteiger partial charge is 0.389 e. The van der Waals surface area contributed by atoms with Crippen LogP contribution in [0, 0.1) is 12.3 Å². The Hall–Kier alpha value is -1.49. The van der Waals surface area contributed by atoms with Crippen molar-refractivity contribution in [2.24, 2.45) is 5.92 Å². The molecule has 4 rings (SSSR count). The van der Waals surface area contributed by atoms with Crippen LogP contribution in [-0.2, 0) is 61.2 Å². The number of fused-ring (bicyclic) bond motifs is 1. The number of urea groups is 1. The van der Waals surface area contributed by atoms with E-state index in [9.17, 15) is 14.4 Å². The molecule has 7 atom stereocenters. The Morgan fingerprint density at radius 1 is 1.08 bits per heavy atom. The molecule has 0 saturated carbocycles. The van der Waals surface area contributed by atoms with Crippen LogP contribution in [0.4, 0.5) is 10.6 Å². The van der Waals surface area contributed by atoms with Crippen molar-refractivity contribution in [3.63, 3.8) is 0 Å². The van der Waals surface area contributed by atoms with E-state index in [0.29, 0.717) is 76.7 Å². The number of ether oxygens (including phenoxy) is 4. The number of rotatable bonds is 23. The van der Waals surface area contributed by atoms with E-state index in [1.165, 1.54) is 0 Å². The summed E-state index contributed by atoms with van der Waals surface area (Å²) in [5, 5.41) is 15.4. The third-order valence-electron chi connectivity index (χ3n) is 8.43. The predicted octanol–water partition coefficient (Wildman–Crippen LogP) is 2.23. The van der Waals surface area contributed by atoms with E-state index in [2.05, 4.69) is 51.8 Å². The molecule has 269 valence electrons. The molecule has 14 nitrogen and oxygen atoms in total. The topological polar surface area (TPSA) is 166 Å². The van der Waals surface area contributed by atoms with Gasteiger partial charge in [0.1, 0.15) is 12.0 Å². The SMILES string of the molecule is CC[C@@H]1[CH-][C@H](C)[C@H](n2cnc(N[C@@H](C)CC(=O)NCCOCCOCCOCCNC(=O)CCCCC3SCC4NC(=O)NC43)c2)O1.[Y]. The standard InChI is InChI=1S/C32H54N7O7S.Y/c1-4-24-17-22(2)31(46-24)39-19-27(35-21-39)36-23(3)18-29(41)34-10-12-44-14-16-45-15-13-43-11-9-33-28(40)8-6-5-7-26-30-25(20-47-26)37-32(42)38-30;/h17,19,21-26,30-31,36H,4-16,18,20H2,1-3H3,(H,33,40)(H,34,41)(H2,37,38,42);/q-1;/t22-,23-,24+,25?,26?,30?,31+;/m0./s1. The Morgan fingerprint density at radius 2 is 1.77 bits per heavy atom. The average Bonchev–Trinajstić information content (AvgIpc) is 3.82. The minimum absolute atomic E-state index is 0. The summed E-state index contributed by atoms with van der Waals surface area (Å²) in [7, 11) is 0. The molecule has 4 amide bonds. The Kier molecular flexibility index (Phi) is 19.1. The van der Waals surface area contributed by atoms with Gasteiger partial charge < -0.3 is 50.1 Å². The normalized spacial score (nSPS) is 25.1. The molecule has 3 saturated heterocycles. The van der Waals surface area contributed by atoms with E-state index >= 15 is 0 Å². The second kappa shape index (κ2) is 22.4. The van der Waals surface area contributed by atoms with Gasteiger partial charge >= 0.3 is 6.03 Å². The van der Waals surface area contributed by atoms with Gasteiger partial charge in [-0.05, 0) is 19.8 Å². The van der Waals surface area contributed by atoms with Gasteiger partial charge in [-0.1, -0.05) is 32.8 Å². The molecule has 3 fully saturated rings. The molecular weight excluding hydrogens is 715 g/mol. The monoisotopic (exact) mass is 769 g/mol. The fraction of sp³-hybridized carbons (Fsp3) is 0.781. The van der Waals surface area contributed by atoms with Crippen molar-refractivity contribution in [1.82, 2.24) is 30.8 Å². The van der Waals surface area contributed by atoms with Crippen molar-refractivity contribution in [2.75, 3.05) is 63.8 Å². The molecule has 3 aliphatic heterocycles. The van der Waals surface area contributed by atoms with Crippen molar-refractivity contribution < 1.29 is 66.0 Å². The van der Waals surface area contributed by atoms with Gasteiger partial charge in [0.05, 0.1) is 58.1 Å². The van der Waals surface area contributed by atoms with Crippen LogP contribution < -0.4 is 26.6 Å². The Labute approximate surface area is 314 Å². The van der Waals surface area contributed by atoms with E-state index in [1.807, 2.05) is 29.4 Å². The number of unbranched alkanes of at least 4 members (excludes halogenated alkanes) is 1. The number of aromatic nitrogens is 2. The number of amides is 4. The van der Waals surface area contributed by atoms with Crippen LogP contribution in [0.5, 0.6) is 0 Å². The van der Waals surface area contributed by atoms with E-state index in [0.717, 1.165) is 37.3 Å². The van der Waals surface area contributed by atoms with Crippen LogP contribution >= 0.6 is 11.8 Å². The fourth-order valence-electron chi connectivity index (χ4n) is 5.99. The molecule has 16 heteroatoms. The molecule has 1 aromatic heterocycles. The van der Waals surface area contributed by atoms with Crippen molar-refractivity contribution >= 4 is 35.4 Å². The Bertz CT molecular complexity index is 1120. The molecule has 3 aliphatic rings. The molecule has 0 aliphatic carbocycles. The van der Waals surface area contributed by atoms with Gasteiger partial charge in [0.15, 0.2) is 0 Å². The van der Waals surface area contributed by atoms with Crippen LogP contribution in [0.15, 0.2) is 12.5 Å². The predicted molar refractivity (Wildman–Crippen MR) is 180 cm³/mol. The van der Waals surface area contributed by atoms with Gasteiger partial charge in [-0.15, -0.1) is 5.92 Å². The molecule has 0 spiro atoms. The summed E-state index contributed by atoms with van der Waals surface area (Å²) >= 11 is 1.90. The van der Waals surface area contributed by atoms with E-state index in [1.54, 1.807) is 6.33 Å². The van der Waals surface area contributed by atoms with Crippen LogP contribution in [-0.4, -0.2) is 115 Å². The van der Waals surface area contributed by atoms with Gasteiger partial charge in [0.2, 0.25) is 11.8 Å². The number of carbonyl (C=O) groups is 3. The molecule has 1 aromatic rings. The summed E-state index contributed by atoms with van der Waals surface area (Å²) < 4.78 is 24.6. The van der Waals surface area contributed by atoms with Crippen molar-refractivity contribution in [3.8, 4) is 0 Å². The number of nitrogens with zero attached hydrogens (tertiary/aromatic N) is 2. The second-order valence-corrected chi connectivity index (χ2v) is 13.7. The maximum atomic E-state index is 12.3. The summed E-state index contributed by atoms with van der Waals surface area (Å²) in [4.78, 5) is 40.2. The number of imidazole rings is 1. The first-order valence-electron chi connectivity index (χ1n) is 17.1. The maximum Gasteiger partial charge on any atom is 0.315 e. The van der Waals surface area contributed by atoms with Crippen molar-refractivity contribution in [1.29, 1.82) is 0 Å². The van der Waals surface area contributed by atoms with Gasteiger partial charge in [0, 0.05) is 81.9 Å². The number of nitrogens with one attached hydrogen (secondary N) is 5. The Balaban J connectivity index is 0.00000625. The van der Waals surface area contributed by atoms with Crippen molar-refractivity contribution in [2.45, 2.75) is 95.0 Å². The van der Waals surface area contributed by atoms with E-state index < -0.39 is 0 Å². The molecule has 48 heavy (non-hydrogen) atoms. The van der Waals surface area contributed by atoms with Crippen LogP contribution in [0.3, 0.4) is 0 Å². The average molecular weight is 770 g/mol. The van der Waals surface area contributed by atoms with Crippen LogP contribution in [0.2, 0.25) is 0 Å². The third kappa shape index (κ3) is 14.0. The molecule has 0 bridgehead atoms. The van der Waals surface area contributed by atoms with E-state index in [-0.39, 0.29) is 81.0 Å². The minimum atomic E-state index is -0.0786. The van der Waals surface area contributed by atoms with Gasteiger partial charge in [-0.25, -0.2) is 9.78 Å². The van der Waals surface area contributed by atoms with Crippen LogP contribution in [0.1, 0.15) is 65.5 Å². The summed E-state index contributed by atoms with van der Waals surface area (Å²) in [5.74, 6) is 1.97. The van der Waals surface area contributed by atoms with Gasteiger partial charge in [-0.2, -0.15) is 11.8 Å². The molecular formula is C32H54N7O7SY-. The van der Waals surface area contributed by atoms with Gasteiger partial charge in [0.25, 0.3) is 0 Å². The zero-order valence-corrected chi connectivity index (χ0v) is 32.3. The third-order valence-corrected chi connectivity index (χ3v) is 9.94. The summed E-state index contributed by atoms with van der Waals surface area (Å²) in [6.45, 7) is 9.71. The smallest absolute Gasteiger partial charge is 0.315 e. The molecule has 4 heterocycles. The van der Waals surface area contributed by atoms with Gasteiger partial charge in [-0.3, -0.25) is 16.0 Å². The van der Waals surface area contributed by atoms with Crippen LogP contribution in [0.25, 0.3) is 0 Å². The number of thioether (sulfide) groups is 1. The summed E-state index contributed by atoms with van der Waals surface area (Å²) in [5.41, 5.74) is 0. The zero-order valence-electron chi connectivity index (χ0n) is 28.6. The minimum Gasteiger partial charge on any atom is -0.389 e. The number of hydrogen-bond donors (Lipinski definition) is 5. The Morgan fingerprint density at radius 3 is 2.46 bits per heavy atom. The molecule has 0 aromatic carbocycles. The number of hydrogen-bond acceptors (Lipinski definition) is 10. The number of anilines is 1.